The molecule has 4 rings (SSSR count). The predicted molar refractivity (Wildman–Crippen MR) is 108 cm³/mol. The van der Waals surface area contributed by atoms with Gasteiger partial charge in [-0.15, -0.1) is 20.4 Å². The summed E-state index contributed by atoms with van der Waals surface area (Å²) in [5.74, 6) is -0.794. The van der Waals surface area contributed by atoms with Crippen molar-refractivity contribution >= 4 is 17.7 Å². The van der Waals surface area contributed by atoms with Gasteiger partial charge in [-0.25, -0.2) is 9.78 Å². The lowest BCUT2D eigenvalue weighted by Gasteiger charge is -2.09. The molecule has 0 amide bonds. The molecule has 0 aliphatic heterocycles. The van der Waals surface area contributed by atoms with Crippen molar-refractivity contribution < 1.29 is 27.1 Å². The zero-order valence-electron chi connectivity index (χ0n) is 16.8. The zero-order chi connectivity index (χ0) is 23.4. The van der Waals surface area contributed by atoms with E-state index in [2.05, 4.69) is 30.4 Å². The van der Waals surface area contributed by atoms with Gasteiger partial charge in [0, 0.05) is 11.8 Å². The predicted octanol–water partition coefficient (Wildman–Crippen LogP) is 4.33. The number of alkyl halides is 3. The van der Waals surface area contributed by atoms with Crippen molar-refractivity contribution in [2.24, 2.45) is 0 Å². The highest BCUT2D eigenvalue weighted by Gasteiger charge is 2.31. The summed E-state index contributed by atoms with van der Waals surface area (Å²) in [7, 11) is 0. The summed E-state index contributed by atoms with van der Waals surface area (Å²) >= 11 is 0.798. The lowest BCUT2D eigenvalue weighted by molar-refractivity contribution is -0.137. The third-order valence-corrected chi connectivity index (χ3v) is 4.86. The van der Waals surface area contributed by atoms with Crippen LogP contribution < -0.4 is 0 Å². The molecule has 0 aliphatic rings. The number of nitrogens with zero attached hydrogens (tertiary/aromatic N) is 6. The number of hydrogen-bond acceptors (Lipinski definition) is 10. The van der Waals surface area contributed by atoms with Gasteiger partial charge in [0.05, 0.1) is 12.2 Å². The van der Waals surface area contributed by atoms with Crippen LogP contribution in [0.25, 0.3) is 23.0 Å². The summed E-state index contributed by atoms with van der Waals surface area (Å²) in [5.41, 5.74) is -0.610. The van der Waals surface area contributed by atoms with Gasteiger partial charge in [0.15, 0.2) is 5.82 Å². The fraction of sp³-hybridized carbons (Fsp3) is 0.150. The molecule has 0 fully saturated rings. The minimum atomic E-state index is -4.54. The van der Waals surface area contributed by atoms with Gasteiger partial charge in [-0.2, -0.15) is 13.2 Å². The van der Waals surface area contributed by atoms with Crippen LogP contribution in [0.15, 0.2) is 63.3 Å². The maximum atomic E-state index is 13.1. The number of esters is 1. The highest BCUT2D eigenvalue weighted by atomic mass is 32.2. The van der Waals surface area contributed by atoms with Crippen LogP contribution in [-0.4, -0.2) is 42.9 Å². The quantitative estimate of drug-likeness (QED) is 0.374. The summed E-state index contributed by atoms with van der Waals surface area (Å²) in [4.78, 5) is 20.6. The Morgan fingerprint density at radius 2 is 1.94 bits per heavy atom. The van der Waals surface area contributed by atoms with E-state index in [1.165, 1.54) is 12.1 Å². The summed E-state index contributed by atoms with van der Waals surface area (Å²) in [6.45, 7) is 1.68. The van der Waals surface area contributed by atoms with Crippen molar-refractivity contribution in [3.8, 4) is 23.0 Å². The van der Waals surface area contributed by atoms with Gasteiger partial charge in [-0.1, -0.05) is 18.2 Å². The Morgan fingerprint density at radius 1 is 1.09 bits per heavy atom. The lowest BCUT2D eigenvalue weighted by atomic mass is 10.1. The van der Waals surface area contributed by atoms with Gasteiger partial charge < -0.3 is 9.15 Å². The number of aromatic nitrogens is 6. The second-order valence-corrected chi connectivity index (χ2v) is 7.22. The van der Waals surface area contributed by atoms with Crippen LogP contribution in [0.2, 0.25) is 0 Å². The normalized spacial score (nSPS) is 11.4. The first-order valence-electron chi connectivity index (χ1n) is 9.37. The van der Waals surface area contributed by atoms with Crippen LogP contribution >= 0.6 is 11.8 Å². The van der Waals surface area contributed by atoms with Gasteiger partial charge in [0.25, 0.3) is 11.1 Å². The molecule has 0 bridgehead atoms. The first-order chi connectivity index (χ1) is 15.8. The minimum absolute atomic E-state index is 0.0108. The molecule has 9 nitrogen and oxygen atoms in total. The number of hydrogen-bond donors (Lipinski definition) is 0. The largest absolute Gasteiger partial charge is 0.461 e. The van der Waals surface area contributed by atoms with Crippen LogP contribution in [0, 0.1) is 0 Å². The molecular weight excluding hydrogens is 461 g/mol. The highest BCUT2D eigenvalue weighted by molar-refractivity contribution is 7.99. The number of benzene rings is 1. The molecule has 3 aromatic heterocycles. The monoisotopic (exact) mass is 474 g/mol. The Bertz CT molecular complexity index is 1280. The van der Waals surface area contributed by atoms with E-state index >= 15 is 0 Å². The van der Waals surface area contributed by atoms with Gasteiger partial charge in [-0.3, -0.25) is 4.98 Å². The van der Waals surface area contributed by atoms with Gasteiger partial charge in [0.2, 0.25) is 5.69 Å². The van der Waals surface area contributed by atoms with Crippen LogP contribution in [0.4, 0.5) is 13.2 Å². The average Bonchev–Trinajstić information content (AvgIpc) is 3.28. The van der Waals surface area contributed by atoms with Crippen LogP contribution in [-0.2, 0) is 10.9 Å². The SMILES string of the molecule is CCOC(=O)c1nnc(-c2cccc(C(F)(F)F)c2)nc1Sc1nnc(-c2ccccn2)o1. The summed E-state index contributed by atoms with van der Waals surface area (Å²) < 4.78 is 49.8. The topological polar surface area (TPSA) is 117 Å². The number of halogens is 3. The molecule has 13 heteroatoms. The number of pyridine rings is 1. The molecule has 3 heterocycles. The van der Waals surface area contributed by atoms with E-state index < -0.39 is 17.7 Å². The fourth-order valence-corrected chi connectivity index (χ4v) is 3.31. The lowest BCUT2D eigenvalue weighted by Crippen LogP contribution is -2.12. The van der Waals surface area contributed by atoms with Crippen molar-refractivity contribution in [3.05, 3.63) is 59.9 Å². The van der Waals surface area contributed by atoms with E-state index in [9.17, 15) is 18.0 Å². The molecule has 0 aliphatic carbocycles. The average molecular weight is 474 g/mol. The van der Waals surface area contributed by atoms with Crippen molar-refractivity contribution in [3.63, 3.8) is 0 Å². The van der Waals surface area contributed by atoms with Crippen LogP contribution in [0.3, 0.4) is 0 Å². The van der Waals surface area contributed by atoms with E-state index in [1.807, 2.05) is 0 Å². The summed E-state index contributed by atoms with van der Waals surface area (Å²) in [5, 5.41) is 15.4. The zero-order valence-corrected chi connectivity index (χ0v) is 17.6. The van der Waals surface area contributed by atoms with Gasteiger partial charge in [-0.05, 0) is 43.0 Å². The molecule has 0 saturated carbocycles. The van der Waals surface area contributed by atoms with E-state index in [-0.39, 0.29) is 39.8 Å². The van der Waals surface area contributed by atoms with Crippen molar-refractivity contribution in [2.45, 2.75) is 23.3 Å². The van der Waals surface area contributed by atoms with Crippen molar-refractivity contribution in [1.82, 2.24) is 30.4 Å². The number of rotatable bonds is 6. The molecule has 0 unspecified atom stereocenters. The Labute approximate surface area is 188 Å². The molecular formula is C20H13F3N6O3S. The number of carbonyl (C=O) groups excluding carboxylic acids is 1. The minimum Gasteiger partial charge on any atom is -0.461 e. The second kappa shape index (κ2) is 9.32. The maximum Gasteiger partial charge on any atom is 0.416 e. The third-order valence-electron chi connectivity index (χ3n) is 4.05. The van der Waals surface area contributed by atoms with E-state index in [1.54, 1.807) is 31.3 Å². The van der Waals surface area contributed by atoms with Crippen LogP contribution in [0.5, 0.6) is 0 Å². The van der Waals surface area contributed by atoms with Gasteiger partial charge >= 0.3 is 12.1 Å². The Hall–Kier alpha value is -3.87. The standard InChI is InChI=1S/C20H13F3N6O3S/c1-2-31-18(30)14-17(33-19-29-28-16(32-19)13-8-3-4-9-24-13)25-15(27-26-14)11-6-5-7-12(10-11)20(21,22)23/h3-10H,2H2,1H3. The maximum absolute atomic E-state index is 13.1. The Balaban J connectivity index is 1.71. The smallest absolute Gasteiger partial charge is 0.416 e. The number of carbonyl (C=O) groups is 1. The summed E-state index contributed by atoms with van der Waals surface area (Å²) in [6, 6.07) is 9.58. The number of ether oxygens (including phenoxy) is 1. The van der Waals surface area contributed by atoms with E-state index in [0.29, 0.717) is 5.69 Å². The van der Waals surface area contributed by atoms with Crippen molar-refractivity contribution in [1.29, 1.82) is 0 Å². The molecule has 1 aromatic carbocycles. The molecule has 0 spiro atoms. The Kier molecular flexibility index (Phi) is 6.31. The summed E-state index contributed by atoms with van der Waals surface area (Å²) in [6.07, 6.45) is -2.99. The first-order valence-corrected chi connectivity index (χ1v) is 10.2. The molecule has 33 heavy (non-hydrogen) atoms. The fourth-order valence-electron chi connectivity index (χ4n) is 2.59. The molecule has 0 saturated heterocycles. The van der Waals surface area contributed by atoms with Crippen molar-refractivity contribution in [2.75, 3.05) is 6.61 Å². The first kappa shape index (κ1) is 22.3. The van der Waals surface area contributed by atoms with Gasteiger partial charge in [0.1, 0.15) is 10.7 Å². The highest BCUT2D eigenvalue weighted by Crippen LogP contribution is 2.33. The van der Waals surface area contributed by atoms with E-state index in [0.717, 1.165) is 23.9 Å². The molecule has 0 radical (unpaired) electrons. The third kappa shape index (κ3) is 5.14. The molecule has 0 N–H and O–H groups in total. The molecule has 168 valence electrons. The molecule has 0 atom stereocenters. The van der Waals surface area contributed by atoms with E-state index in [4.69, 9.17) is 9.15 Å². The Morgan fingerprint density at radius 3 is 2.67 bits per heavy atom. The molecule has 4 aromatic rings. The second-order valence-electron chi connectivity index (χ2n) is 6.28. The van der Waals surface area contributed by atoms with Crippen LogP contribution in [0.1, 0.15) is 23.0 Å².